The van der Waals surface area contributed by atoms with Gasteiger partial charge in [0.15, 0.2) is 0 Å². The van der Waals surface area contributed by atoms with E-state index in [9.17, 15) is 0 Å². The summed E-state index contributed by atoms with van der Waals surface area (Å²) in [6.45, 7) is 2.77. The van der Waals surface area contributed by atoms with Crippen LogP contribution in [0.25, 0.3) is 10.2 Å². The summed E-state index contributed by atoms with van der Waals surface area (Å²) in [7, 11) is 2.05. The smallest absolute Gasteiger partial charge is 0.124 e. The van der Waals surface area contributed by atoms with Crippen molar-refractivity contribution in [3.63, 3.8) is 0 Å². The summed E-state index contributed by atoms with van der Waals surface area (Å²) in [6.07, 6.45) is 1.60. The molecule has 0 fully saturated rings. The Labute approximate surface area is 109 Å². The predicted octanol–water partition coefficient (Wildman–Crippen LogP) is 3.23. The normalized spacial score (nSPS) is 11.0. The highest BCUT2D eigenvalue weighted by Crippen LogP contribution is 2.26. The van der Waals surface area contributed by atoms with Crippen LogP contribution < -0.4 is 4.90 Å². The molecule has 0 saturated heterocycles. The topological polar surface area (TPSA) is 42.2 Å². The minimum atomic E-state index is 0.736. The number of aromatic nitrogens is 2. The number of benzene rings is 1. The first kappa shape index (κ1) is 11.2. The molecule has 0 spiro atoms. The maximum Gasteiger partial charge on any atom is 0.124 e. The maximum absolute atomic E-state index is 4.84. The average Bonchev–Trinajstić information content (AvgIpc) is 2.95. The summed E-state index contributed by atoms with van der Waals surface area (Å²) in [5.41, 5.74) is 3.16. The SMILES string of the molecule is Cc1nc2ccc(N(C)Cc3ccon3)cc2s1. The van der Waals surface area contributed by atoms with Gasteiger partial charge in [-0.3, -0.25) is 0 Å². The molecule has 1 aromatic carbocycles. The molecule has 2 heterocycles. The van der Waals surface area contributed by atoms with E-state index in [0.717, 1.165) is 28.5 Å². The molecule has 5 heteroatoms. The van der Waals surface area contributed by atoms with Crippen molar-refractivity contribution in [2.24, 2.45) is 0 Å². The number of anilines is 1. The fourth-order valence-corrected chi connectivity index (χ4v) is 2.78. The summed E-state index contributed by atoms with van der Waals surface area (Å²) in [6, 6.07) is 8.20. The van der Waals surface area contributed by atoms with Crippen molar-refractivity contribution in [3.8, 4) is 0 Å². The van der Waals surface area contributed by atoms with Gasteiger partial charge in [-0.05, 0) is 25.1 Å². The van der Waals surface area contributed by atoms with E-state index in [2.05, 4.69) is 33.2 Å². The molecule has 18 heavy (non-hydrogen) atoms. The Bertz CT molecular complexity index is 660. The molecule has 0 amide bonds. The van der Waals surface area contributed by atoms with Crippen molar-refractivity contribution in [1.29, 1.82) is 0 Å². The molecular formula is C13H13N3OS. The second-order valence-corrected chi connectivity index (χ2v) is 5.47. The van der Waals surface area contributed by atoms with Gasteiger partial charge in [-0.25, -0.2) is 4.98 Å². The van der Waals surface area contributed by atoms with Crippen molar-refractivity contribution in [1.82, 2.24) is 10.1 Å². The van der Waals surface area contributed by atoms with Crippen molar-refractivity contribution >= 4 is 27.2 Å². The number of nitrogens with zero attached hydrogens (tertiary/aromatic N) is 3. The zero-order valence-electron chi connectivity index (χ0n) is 10.3. The monoisotopic (exact) mass is 259 g/mol. The van der Waals surface area contributed by atoms with Crippen LogP contribution in [0.5, 0.6) is 0 Å². The Morgan fingerprint density at radius 3 is 3.00 bits per heavy atom. The van der Waals surface area contributed by atoms with Crippen molar-refractivity contribution < 1.29 is 4.52 Å². The largest absolute Gasteiger partial charge is 0.369 e. The van der Waals surface area contributed by atoms with Gasteiger partial charge >= 0.3 is 0 Å². The molecule has 0 aliphatic carbocycles. The Hall–Kier alpha value is -1.88. The molecule has 0 N–H and O–H groups in total. The van der Waals surface area contributed by atoms with E-state index < -0.39 is 0 Å². The molecule has 0 aliphatic rings. The zero-order valence-corrected chi connectivity index (χ0v) is 11.1. The number of rotatable bonds is 3. The van der Waals surface area contributed by atoms with Crippen molar-refractivity contribution in [3.05, 3.63) is 41.2 Å². The van der Waals surface area contributed by atoms with Gasteiger partial charge in [0, 0.05) is 18.8 Å². The highest BCUT2D eigenvalue weighted by atomic mass is 32.1. The molecule has 3 rings (SSSR count). The van der Waals surface area contributed by atoms with E-state index in [0.29, 0.717) is 0 Å². The van der Waals surface area contributed by atoms with Crippen molar-refractivity contribution in [2.45, 2.75) is 13.5 Å². The Balaban J connectivity index is 1.88. The fraction of sp³-hybridized carbons (Fsp3) is 0.231. The second kappa shape index (κ2) is 4.42. The number of hydrogen-bond donors (Lipinski definition) is 0. The van der Waals surface area contributed by atoms with E-state index >= 15 is 0 Å². The Morgan fingerprint density at radius 2 is 2.22 bits per heavy atom. The molecule has 0 radical (unpaired) electrons. The lowest BCUT2D eigenvalue weighted by molar-refractivity contribution is 0.411. The van der Waals surface area contributed by atoms with Crippen LogP contribution in [-0.4, -0.2) is 17.2 Å². The highest BCUT2D eigenvalue weighted by Gasteiger charge is 2.07. The lowest BCUT2D eigenvalue weighted by atomic mass is 10.2. The molecule has 0 unspecified atom stereocenters. The lowest BCUT2D eigenvalue weighted by Gasteiger charge is -2.17. The number of fused-ring (bicyclic) bond motifs is 1. The van der Waals surface area contributed by atoms with E-state index in [1.165, 1.54) is 4.70 Å². The van der Waals surface area contributed by atoms with Gasteiger partial charge in [0.2, 0.25) is 0 Å². The van der Waals surface area contributed by atoms with Crippen LogP contribution in [0.1, 0.15) is 10.7 Å². The van der Waals surface area contributed by atoms with E-state index in [1.54, 1.807) is 17.6 Å². The third-order valence-corrected chi connectivity index (χ3v) is 3.74. The minimum absolute atomic E-state index is 0.736. The predicted molar refractivity (Wildman–Crippen MR) is 73.0 cm³/mol. The van der Waals surface area contributed by atoms with Crippen LogP contribution in [0, 0.1) is 6.92 Å². The quantitative estimate of drug-likeness (QED) is 0.724. The lowest BCUT2D eigenvalue weighted by Crippen LogP contribution is -2.16. The molecule has 2 aromatic heterocycles. The number of aryl methyl sites for hydroxylation is 1. The van der Waals surface area contributed by atoms with Crippen LogP contribution >= 0.6 is 11.3 Å². The van der Waals surface area contributed by atoms with Gasteiger partial charge in [0.05, 0.1) is 21.8 Å². The number of thiazole rings is 1. The van der Waals surface area contributed by atoms with Crippen molar-refractivity contribution in [2.75, 3.05) is 11.9 Å². The van der Waals surface area contributed by atoms with Crippen LogP contribution in [0.4, 0.5) is 5.69 Å². The molecule has 3 aromatic rings. The Kier molecular flexibility index (Phi) is 2.76. The number of hydrogen-bond acceptors (Lipinski definition) is 5. The van der Waals surface area contributed by atoms with E-state index in [4.69, 9.17) is 4.52 Å². The average molecular weight is 259 g/mol. The van der Waals surface area contributed by atoms with Gasteiger partial charge in [-0.2, -0.15) is 0 Å². The second-order valence-electron chi connectivity index (χ2n) is 4.23. The zero-order chi connectivity index (χ0) is 12.5. The van der Waals surface area contributed by atoms with Crippen LogP contribution in [0.2, 0.25) is 0 Å². The molecule has 92 valence electrons. The maximum atomic E-state index is 4.84. The van der Waals surface area contributed by atoms with Gasteiger partial charge < -0.3 is 9.42 Å². The van der Waals surface area contributed by atoms with E-state index in [-0.39, 0.29) is 0 Å². The summed E-state index contributed by atoms with van der Waals surface area (Å²) >= 11 is 1.72. The summed E-state index contributed by atoms with van der Waals surface area (Å²) < 4.78 is 6.06. The Morgan fingerprint density at radius 1 is 1.33 bits per heavy atom. The summed E-state index contributed by atoms with van der Waals surface area (Å²) in [5.74, 6) is 0. The molecule has 0 saturated carbocycles. The first-order valence-electron chi connectivity index (χ1n) is 5.70. The highest BCUT2D eigenvalue weighted by molar-refractivity contribution is 7.18. The van der Waals surface area contributed by atoms with Gasteiger partial charge in [0.25, 0.3) is 0 Å². The molecular weight excluding hydrogens is 246 g/mol. The fourth-order valence-electron chi connectivity index (χ4n) is 1.92. The molecule has 0 aliphatic heterocycles. The third-order valence-electron chi connectivity index (χ3n) is 2.81. The van der Waals surface area contributed by atoms with Gasteiger partial charge in [-0.1, -0.05) is 5.16 Å². The van der Waals surface area contributed by atoms with Crippen LogP contribution in [-0.2, 0) is 6.54 Å². The van der Waals surface area contributed by atoms with Gasteiger partial charge in [0.1, 0.15) is 12.0 Å². The van der Waals surface area contributed by atoms with E-state index in [1.807, 2.05) is 20.0 Å². The van der Waals surface area contributed by atoms with Gasteiger partial charge in [-0.15, -0.1) is 11.3 Å². The standard InChI is InChI=1S/C13H13N3OS/c1-9-14-12-4-3-11(7-13(12)18-9)16(2)8-10-5-6-17-15-10/h3-7H,8H2,1-2H3. The minimum Gasteiger partial charge on any atom is -0.369 e. The summed E-state index contributed by atoms with van der Waals surface area (Å²) in [5, 5.41) is 5.02. The van der Waals surface area contributed by atoms with Crippen LogP contribution in [0.3, 0.4) is 0 Å². The summed E-state index contributed by atoms with van der Waals surface area (Å²) in [4.78, 5) is 6.61. The third kappa shape index (κ3) is 2.09. The molecule has 4 nitrogen and oxygen atoms in total. The first-order chi connectivity index (χ1) is 8.72. The van der Waals surface area contributed by atoms with Crippen LogP contribution in [0.15, 0.2) is 35.1 Å². The first-order valence-corrected chi connectivity index (χ1v) is 6.51. The molecule has 0 atom stereocenters. The molecule has 0 bridgehead atoms.